The van der Waals surface area contributed by atoms with E-state index in [1.807, 2.05) is 0 Å². The lowest BCUT2D eigenvalue weighted by atomic mass is 9.98. The molecule has 2 heterocycles. The number of methoxy groups -OCH3 is 1. The number of ether oxygens (including phenoxy) is 1. The summed E-state index contributed by atoms with van der Waals surface area (Å²) >= 11 is 0. The van der Waals surface area contributed by atoms with Crippen LogP contribution in [0.15, 0.2) is 18.6 Å². The number of hydrogen-bond donors (Lipinski definition) is 0. The van der Waals surface area contributed by atoms with Crippen LogP contribution in [0.5, 0.6) is 0 Å². The fourth-order valence-corrected chi connectivity index (χ4v) is 2.09. The molecule has 1 fully saturated rings. The summed E-state index contributed by atoms with van der Waals surface area (Å²) in [6, 6.07) is 0. The quantitative estimate of drug-likeness (QED) is 0.714. The van der Waals surface area contributed by atoms with Gasteiger partial charge in [-0.25, -0.2) is 4.98 Å². The van der Waals surface area contributed by atoms with Gasteiger partial charge in [0.15, 0.2) is 0 Å². The van der Waals surface area contributed by atoms with E-state index < -0.39 is 0 Å². The Kier molecular flexibility index (Phi) is 3.86. The van der Waals surface area contributed by atoms with Gasteiger partial charge in [-0.3, -0.25) is 14.6 Å². The Morgan fingerprint density at radius 2 is 2.28 bits per heavy atom. The summed E-state index contributed by atoms with van der Waals surface area (Å²) in [6.07, 6.45) is 5.99. The lowest BCUT2D eigenvalue weighted by Gasteiger charge is -2.30. The number of amides is 1. The molecule has 0 aliphatic carbocycles. The predicted molar refractivity (Wildman–Crippen MR) is 62.7 cm³/mol. The summed E-state index contributed by atoms with van der Waals surface area (Å²) in [5, 5.41) is 0. The fourth-order valence-electron chi connectivity index (χ4n) is 2.09. The number of piperidine rings is 1. The second-order valence-electron chi connectivity index (χ2n) is 4.20. The molecule has 96 valence electrons. The summed E-state index contributed by atoms with van der Waals surface area (Å²) in [5.74, 6) is -0.673. The second-order valence-corrected chi connectivity index (χ2v) is 4.20. The van der Waals surface area contributed by atoms with E-state index in [4.69, 9.17) is 4.74 Å². The molecule has 1 aromatic rings. The van der Waals surface area contributed by atoms with E-state index in [1.54, 1.807) is 4.90 Å². The standard InChI is InChI=1S/C12H15N3O3/c1-18-12(17)9-3-2-6-15(8-9)11(16)10-7-13-4-5-14-10/h4-5,7,9H,2-3,6,8H2,1H3/t9-/m0/s1. The SMILES string of the molecule is COC(=O)[C@H]1CCCN(C(=O)c2cnccn2)C1. The Balaban J connectivity index is 2.05. The minimum absolute atomic E-state index is 0.184. The van der Waals surface area contributed by atoms with Crippen molar-refractivity contribution in [1.29, 1.82) is 0 Å². The fraction of sp³-hybridized carbons (Fsp3) is 0.500. The van der Waals surface area contributed by atoms with Crippen molar-refractivity contribution >= 4 is 11.9 Å². The molecule has 1 aliphatic heterocycles. The molecule has 2 rings (SSSR count). The predicted octanol–water partition coefficient (Wildman–Crippen LogP) is 0.502. The molecule has 1 aliphatic rings. The van der Waals surface area contributed by atoms with Gasteiger partial charge in [-0.2, -0.15) is 0 Å². The van der Waals surface area contributed by atoms with E-state index in [2.05, 4.69) is 9.97 Å². The molecule has 0 N–H and O–H groups in total. The summed E-state index contributed by atoms with van der Waals surface area (Å²) in [5.41, 5.74) is 0.308. The summed E-state index contributed by atoms with van der Waals surface area (Å²) < 4.78 is 4.72. The maximum atomic E-state index is 12.1. The summed E-state index contributed by atoms with van der Waals surface area (Å²) in [4.78, 5) is 33.1. The molecule has 0 saturated carbocycles. The average Bonchev–Trinajstić information content (AvgIpc) is 2.46. The van der Waals surface area contributed by atoms with E-state index in [0.717, 1.165) is 12.8 Å². The molecule has 0 unspecified atom stereocenters. The average molecular weight is 249 g/mol. The molecule has 1 amide bonds. The highest BCUT2D eigenvalue weighted by Gasteiger charge is 2.29. The number of esters is 1. The molecule has 6 heteroatoms. The number of carbonyl (C=O) groups is 2. The Morgan fingerprint density at radius 1 is 1.44 bits per heavy atom. The highest BCUT2D eigenvalue weighted by Crippen LogP contribution is 2.18. The molecule has 1 aromatic heterocycles. The smallest absolute Gasteiger partial charge is 0.310 e. The zero-order chi connectivity index (χ0) is 13.0. The van der Waals surface area contributed by atoms with Crippen molar-refractivity contribution in [1.82, 2.24) is 14.9 Å². The van der Waals surface area contributed by atoms with E-state index in [9.17, 15) is 9.59 Å². The van der Waals surface area contributed by atoms with Crippen LogP contribution in [-0.2, 0) is 9.53 Å². The monoisotopic (exact) mass is 249 g/mol. The first kappa shape index (κ1) is 12.5. The van der Waals surface area contributed by atoms with Crippen molar-refractivity contribution in [2.45, 2.75) is 12.8 Å². The van der Waals surface area contributed by atoms with Crippen LogP contribution in [0.1, 0.15) is 23.3 Å². The molecule has 0 radical (unpaired) electrons. The van der Waals surface area contributed by atoms with Gasteiger partial charge in [0.2, 0.25) is 0 Å². The van der Waals surface area contributed by atoms with Crippen molar-refractivity contribution in [3.8, 4) is 0 Å². The number of carbonyl (C=O) groups excluding carboxylic acids is 2. The molecule has 6 nitrogen and oxygen atoms in total. The molecule has 1 saturated heterocycles. The lowest BCUT2D eigenvalue weighted by Crippen LogP contribution is -2.42. The molecule has 0 spiro atoms. The van der Waals surface area contributed by atoms with Gasteiger partial charge in [0.05, 0.1) is 19.2 Å². The highest BCUT2D eigenvalue weighted by atomic mass is 16.5. The molecule has 18 heavy (non-hydrogen) atoms. The zero-order valence-electron chi connectivity index (χ0n) is 10.2. The van der Waals surface area contributed by atoms with Crippen LogP contribution in [-0.4, -0.2) is 46.9 Å². The first-order valence-corrected chi connectivity index (χ1v) is 5.85. The summed E-state index contributed by atoms with van der Waals surface area (Å²) in [6.45, 7) is 1.03. The third kappa shape index (κ3) is 2.64. The summed E-state index contributed by atoms with van der Waals surface area (Å²) in [7, 11) is 1.37. The number of aromatic nitrogens is 2. The van der Waals surface area contributed by atoms with E-state index in [0.29, 0.717) is 18.8 Å². The number of rotatable bonds is 2. The van der Waals surface area contributed by atoms with E-state index >= 15 is 0 Å². The third-order valence-corrected chi connectivity index (χ3v) is 3.03. The van der Waals surface area contributed by atoms with Crippen LogP contribution in [0, 0.1) is 5.92 Å². The Labute approximate surface area is 105 Å². The highest BCUT2D eigenvalue weighted by molar-refractivity contribution is 5.92. The molecular formula is C12H15N3O3. The first-order chi connectivity index (χ1) is 8.72. The molecule has 1 atom stereocenters. The minimum Gasteiger partial charge on any atom is -0.469 e. The molecule has 0 bridgehead atoms. The first-order valence-electron chi connectivity index (χ1n) is 5.85. The Morgan fingerprint density at radius 3 is 2.94 bits per heavy atom. The van der Waals surface area contributed by atoms with Gasteiger partial charge in [-0.15, -0.1) is 0 Å². The van der Waals surface area contributed by atoms with Gasteiger partial charge in [-0.05, 0) is 12.8 Å². The van der Waals surface area contributed by atoms with Crippen LogP contribution in [0.4, 0.5) is 0 Å². The Bertz CT molecular complexity index is 435. The van der Waals surface area contributed by atoms with Crippen molar-refractivity contribution in [2.75, 3.05) is 20.2 Å². The van der Waals surface area contributed by atoms with Gasteiger partial charge in [0.1, 0.15) is 5.69 Å². The van der Waals surface area contributed by atoms with Crippen LogP contribution < -0.4 is 0 Å². The normalized spacial score (nSPS) is 19.4. The van der Waals surface area contributed by atoms with Crippen molar-refractivity contribution in [2.24, 2.45) is 5.92 Å². The van der Waals surface area contributed by atoms with Crippen LogP contribution in [0.25, 0.3) is 0 Å². The van der Waals surface area contributed by atoms with E-state index in [-0.39, 0.29) is 17.8 Å². The number of likely N-dealkylation sites (tertiary alicyclic amines) is 1. The maximum Gasteiger partial charge on any atom is 0.310 e. The number of hydrogen-bond acceptors (Lipinski definition) is 5. The van der Waals surface area contributed by atoms with Crippen LogP contribution >= 0.6 is 0 Å². The van der Waals surface area contributed by atoms with Crippen LogP contribution in [0.3, 0.4) is 0 Å². The second kappa shape index (κ2) is 5.57. The minimum atomic E-state index is -0.258. The van der Waals surface area contributed by atoms with Crippen molar-refractivity contribution < 1.29 is 14.3 Å². The van der Waals surface area contributed by atoms with Gasteiger partial charge >= 0.3 is 5.97 Å². The van der Waals surface area contributed by atoms with Gasteiger partial charge in [0, 0.05) is 25.5 Å². The Hall–Kier alpha value is -1.98. The number of nitrogens with zero attached hydrogens (tertiary/aromatic N) is 3. The zero-order valence-corrected chi connectivity index (χ0v) is 10.2. The molecule has 0 aromatic carbocycles. The van der Waals surface area contributed by atoms with Crippen LogP contribution in [0.2, 0.25) is 0 Å². The largest absolute Gasteiger partial charge is 0.469 e. The third-order valence-electron chi connectivity index (χ3n) is 3.03. The van der Waals surface area contributed by atoms with Crippen molar-refractivity contribution in [3.63, 3.8) is 0 Å². The molecular weight excluding hydrogens is 234 g/mol. The van der Waals surface area contributed by atoms with Gasteiger partial charge < -0.3 is 9.64 Å². The van der Waals surface area contributed by atoms with Gasteiger partial charge in [0.25, 0.3) is 5.91 Å². The maximum absolute atomic E-state index is 12.1. The van der Waals surface area contributed by atoms with Gasteiger partial charge in [-0.1, -0.05) is 0 Å². The van der Waals surface area contributed by atoms with E-state index in [1.165, 1.54) is 25.7 Å². The lowest BCUT2D eigenvalue weighted by molar-refractivity contribution is -0.146. The van der Waals surface area contributed by atoms with Crippen molar-refractivity contribution in [3.05, 3.63) is 24.3 Å². The topological polar surface area (TPSA) is 72.4 Å².